The molecule has 164 valence electrons. The van der Waals surface area contributed by atoms with Crippen LogP contribution < -0.4 is 5.32 Å². The number of hydrogen-bond acceptors (Lipinski definition) is 3. The van der Waals surface area contributed by atoms with Gasteiger partial charge in [-0.1, -0.05) is 6.42 Å². The molecule has 4 rings (SSSR count). The third kappa shape index (κ3) is 5.48. The molecular formula is C25H35FN2O2. The van der Waals surface area contributed by atoms with Crippen LogP contribution in [-0.2, 0) is 4.79 Å². The molecule has 3 aliphatic rings. The van der Waals surface area contributed by atoms with Crippen molar-refractivity contribution in [2.45, 2.75) is 70.3 Å². The predicted molar refractivity (Wildman–Crippen MR) is 116 cm³/mol. The number of benzene rings is 1. The van der Waals surface area contributed by atoms with E-state index in [0.29, 0.717) is 23.4 Å². The molecule has 0 aromatic heterocycles. The topological polar surface area (TPSA) is 49.4 Å². The van der Waals surface area contributed by atoms with Crippen LogP contribution in [0.1, 0.15) is 74.6 Å². The number of halogens is 1. The highest BCUT2D eigenvalue weighted by atomic mass is 19.1. The highest BCUT2D eigenvalue weighted by Gasteiger charge is 2.30. The van der Waals surface area contributed by atoms with Crippen molar-refractivity contribution in [3.05, 3.63) is 35.6 Å². The Morgan fingerprint density at radius 2 is 1.57 bits per heavy atom. The number of amides is 1. The van der Waals surface area contributed by atoms with Crippen molar-refractivity contribution in [2.75, 3.05) is 19.6 Å². The molecule has 1 amide bonds. The van der Waals surface area contributed by atoms with E-state index in [9.17, 15) is 14.0 Å². The van der Waals surface area contributed by atoms with Crippen molar-refractivity contribution in [1.82, 2.24) is 10.2 Å². The number of likely N-dealkylation sites (tertiary alicyclic amines) is 1. The molecule has 3 fully saturated rings. The summed E-state index contributed by atoms with van der Waals surface area (Å²) < 4.78 is 13.1. The van der Waals surface area contributed by atoms with Gasteiger partial charge in [-0.2, -0.15) is 0 Å². The maximum atomic E-state index is 13.1. The molecule has 2 saturated carbocycles. The summed E-state index contributed by atoms with van der Waals surface area (Å²) >= 11 is 0. The van der Waals surface area contributed by atoms with Crippen LogP contribution in [0.4, 0.5) is 4.39 Å². The maximum absolute atomic E-state index is 13.1. The molecule has 0 radical (unpaired) electrons. The Morgan fingerprint density at radius 1 is 0.900 bits per heavy atom. The summed E-state index contributed by atoms with van der Waals surface area (Å²) in [5.41, 5.74) is 0.635. The van der Waals surface area contributed by atoms with Crippen molar-refractivity contribution in [1.29, 1.82) is 0 Å². The normalized spacial score (nSPS) is 26.2. The molecule has 5 heteroatoms. The SMILES string of the molecule is O=C(NC1CCC(CCN2CCC(C(=O)c3ccc(F)cc3)CC2)CC1)C1CCC1. The first-order chi connectivity index (χ1) is 14.6. The van der Waals surface area contributed by atoms with Crippen LogP contribution in [0.3, 0.4) is 0 Å². The second kappa shape index (κ2) is 10.0. The van der Waals surface area contributed by atoms with Crippen molar-refractivity contribution in [3.8, 4) is 0 Å². The number of hydrogen-bond donors (Lipinski definition) is 1. The zero-order valence-corrected chi connectivity index (χ0v) is 18.0. The lowest BCUT2D eigenvalue weighted by molar-refractivity contribution is -0.128. The summed E-state index contributed by atoms with van der Waals surface area (Å²) in [7, 11) is 0. The van der Waals surface area contributed by atoms with E-state index in [2.05, 4.69) is 10.2 Å². The van der Waals surface area contributed by atoms with Crippen LogP contribution in [0, 0.1) is 23.6 Å². The second-order valence-electron chi connectivity index (χ2n) is 9.63. The lowest BCUT2D eigenvalue weighted by Gasteiger charge is -2.34. The predicted octanol–water partition coefficient (Wildman–Crippen LogP) is 4.59. The van der Waals surface area contributed by atoms with E-state index in [-0.39, 0.29) is 17.5 Å². The average Bonchev–Trinajstić information content (AvgIpc) is 2.72. The smallest absolute Gasteiger partial charge is 0.223 e. The first-order valence-electron chi connectivity index (χ1n) is 11.9. The zero-order chi connectivity index (χ0) is 20.9. The number of piperidine rings is 1. The fraction of sp³-hybridized carbons (Fsp3) is 0.680. The van der Waals surface area contributed by atoms with E-state index in [0.717, 1.165) is 64.1 Å². The second-order valence-corrected chi connectivity index (χ2v) is 9.63. The molecule has 30 heavy (non-hydrogen) atoms. The highest BCUT2D eigenvalue weighted by Crippen LogP contribution is 2.30. The summed E-state index contributed by atoms with van der Waals surface area (Å²) in [5, 5.41) is 3.28. The van der Waals surface area contributed by atoms with Crippen molar-refractivity contribution in [3.63, 3.8) is 0 Å². The van der Waals surface area contributed by atoms with E-state index in [1.807, 2.05) is 0 Å². The lowest BCUT2D eigenvalue weighted by Crippen LogP contribution is -2.43. The number of ketones is 1. The standard InChI is InChI=1S/C25H35FN2O2/c26-22-8-6-19(7-9-22)24(29)20-13-16-28(17-14-20)15-12-18-4-10-23(11-5-18)27-25(30)21-2-1-3-21/h6-9,18,20-21,23H,1-5,10-17H2,(H,27,30). The van der Waals surface area contributed by atoms with Gasteiger partial charge in [-0.3, -0.25) is 9.59 Å². The number of carbonyl (C=O) groups excluding carboxylic acids is 2. The van der Waals surface area contributed by atoms with Gasteiger partial charge in [-0.05, 0) is 108 Å². The first-order valence-corrected chi connectivity index (χ1v) is 11.9. The molecule has 0 spiro atoms. The molecule has 1 heterocycles. The van der Waals surface area contributed by atoms with Crippen LogP contribution in [0.5, 0.6) is 0 Å². The molecule has 4 nitrogen and oxygen atoms in total. The molecule has 0 atom stereocenters. The highest BCUT2D eigenvalue weighted by molar-refractivity contribution is 5.97. The van der Waals surface area contributed by atoms with Crippen molar-refractivity contribution < 1.29 is 14.0 Å². The Balaban J connectivity index is 1.12. The molecule has 1 aromatic carbocycles. The van der Waals surface area contributed by atoms with Gasteiger partial charge >= 0.3 is 0 Å². The first kappa shape index (κ1) is 21.5. The minimum atomic E-state index is -0.295. The Kier molecular flexibility index (Phi) is 7.19. The molecule has 0 bridgehead atoms. The van der Waals surface area contributed by atoms with Crippen molar-refractivity contribution >= 4 is 11.7 Å². The third-order valence-corrected chi connectivity index (χ3v) is 7.61. The van der Waals surface area contributed by atoms with Crippen LogP contribution in [0.25, 0.3) is 0 Å². The number of Topliss-reactive ketones (excluding diaryl/α,β-unsaturated/α-hetero) is 1. The summed E-state index contributed by atoms with van der Waals surface area (Å²) in [5.74, 6) is 1.29. The van der Waals surface area contributed by atoms with Crippen LogP contribution in [0.15, 0.2) is 24.3 Å². The molecule has 1 N–H and O–H groups in total. The average molecular weight is 415 g/mol. The summed E-state index contributed by atoms with van der Waals surface area (Å²) in [6.07, 6.45) is 11.1. The maximum Gasteiger partial charge on any atom is 0.223 e. The Bertz CT molecular complexity index is 715. The Hall–Kier alpha value is -1.75. The van der Waals surface area contributed by atoms with Gasteiger partial charge < -0.3 is 10.2 Å². The van der Waals surface area contributed by atoms with Gasteiger partial charge in [0.2, 0.25) is 5.91 Å². The van der Waals surface area contributed by atoms with Gasteiger partial charge in [0.1, 0.15) is 5.82 Å². The third-order valence-electron chi connectivity index (χ3n) is 7.61. The quantitative estimate of drug-likeness (QED) is 0.664. The van der Waals surface area contributed by atoms with Crippen LogP contribution in [-0.4, -0.2) is 42.3 Å². The van der Waals surface area contributed by atoms with Gasteiger partial charge in [0, 0.05) is 23.4 Å². The fourth-order valence-electron chi connectivity index (χ4n) is 5.22. The van der Waals surface area contributed by atoms with Gasteiger partial charge in [0.05, 0.1) is 0 Å². The van der Waals surface area contributed by atoms with Gasteiger partial charge in [-0.15, -0.1) is 0 Å². The monoisotopic (exact) mass is 414 g/mol. The summed E-state index contributed by atoms with van der Waals surface area (Å²) in [6.45, 7) is 3.07. The molecule has 1 aliphatic heterocycles. The van der Waals surface area contributed by atoms with Crippen molar-refractivity contribution in [2.24, 2.45) is 17.8 Å². The van der Waals surface area contributed by atoms with Gasteiger partial charge in [0.15, 0.2) is 5.78 Å². The fourth-order valence-corrected chi connectivity index (χ4v) is 5.22. The largest absolute Gasteiger partial charge is 0.353 e. The van der Waals surface area contributed by atoms with E-state index < -0.39 is 0 Å². The molecule has 1 aromatic rings. The number of carbonyl (C=O) groups is 2. The van der Waals surface area contributed by atoms with Crippen LogP contribution in [0.2, 0.25) is 0 Å². The van der Waals surface area contributed by atoms with E-state index >= 15 is 0 Å². The summed E-state index contributed by atoms with van der Waals surface area (Å²) in [6, 6.07) is 6.35. The summed E-state index contributed by atoms with van der Waals surface area (Å²) in [4.78, 5) is 27.3. The molecule has 0 unspecified atom stereocenters. The van der Waals surface area contributed by atoms with E-state index in [1.165, 1.54) is 37.8 Å². The van der Waals surface area contributed by atoms with Crippen LogP contribution >= 0.6 is 0 Å². The number of nitrogens with zero attached hydrogens (tertiary/aromatic N) is 1. The minimum absolute atomic E-state index is 0.0708. The van der Waals surface area contributed by atoms with Gasteiger partial charge in [0.25, 0.3) is 0 Å². The zero-order valence-electron chi connectivity index (χ0n) is 18.0. The minimum Gasteiger partial charge on any atom is -0.353 e. The Morgan fingerprint density at radius 3 is 2.17 bits per heavy atom. The molecule has 1 saturated heterocycles. The Labute approximate surface area is 179 Å². The van der Waals surface area contributed by atoms with Gasteiger partial charge in [-0.25, -0.2) is 4.39 Å². The molecule has 2 aliphatic carbocycles. The van der Waals surface area contributed by atoms with E-state index in [1.54, 1.807) is 12.1 Å². The van der Waals surface area contributed by atoms with E-state index in [4.69, 9.17) is 0 Å². The lowest BCUT2D eigenvalue weighted by atomic mass is 9.82. The number of rotatable bonds is 7. The molecular weight excluding hydrogens is 379 g/mol. The number of nitrogens with one attached hydrogen (secondary N) is 1.